The lowest BCUT2D eigenvalue weighted by atomic mass is 10.0. The number of hydrogen-bond donors (Lipinski definition) is 2. The Morgan fingerprint density at radius 3 is 3.00 bits per heavy atom. The van der Waals surface area contributed by atoms with Gasteiger partial charge in [0.2, 0.25) is 5.91 Å². The number of phenolic OH excluding ortho intramolecular Hbond substituents is 1. The first-order valence-electron chi connectivity index (χ1n) is 6.48. The second kappa shape index (κ2) is 5.87. The van der Waals surface area contributed by atoms with E-state index in [-0.39, 0.29) is 17.7 Å². The summed E-state index contributed by atoms with van der Waals surface area (Å²) in [5.74, 6) is 0.310. The normalized spacial score (nSPS) is 19.8. The van der Waals surface area contributed by atoms with Crippen molar-refractivity contribution in [2.75, 3.05) is 13.1 Å². The van der Waals surface area contributed by atoms with Crippen LogP contribution in [-0.2, 0) is 11.2 Å². The molecule has 1 amide bonds. The quantitative estimate of drug-likeness (QED) is 0.846. The number of hydrogen-bond acceptors (Lipinski definition) is 3. The van der Waals surface area contributed by atoms with Crippen LogP contribution in [0.1, 0.15) is 24.8 Å². The molecule has 1 aliphatic heterocycles. The van der Waals surface area contributed by atoms with Crippen LogP contribution in [0.3, 0.4) is 0 Å². The van der Waals surface area contributed by atoms with Gasteiger partial charge in [0.15, 0.2) is 0 Å². The summed E-state index contributed by atoms with van der Waals surface area (Å²) in [6.45, 7) is 1.34. The van der Waals surface area contributed by atoms with E-state index in [2.05, 4.69) is 0 Å². The topological polar surface area (TPSA) is 66.6 Å². The summed E-state index contributed by atoms with van der Waals surface area (Å²) < 4.78 is 0. The number of carbonyl (C=O) groups excluding carboxylic acids is 1. The van der Waals surface area contributed by atoms with Gasteiger partial charge in [-0.15, -0.1) is 0 Å². The van der Waals surface area contributed by atoms with Crippen molar-refractivity contribution in [1.82, 2.24) is 4.90 Å². The predicted octanol–water partition coefficient (Wildman–Crippen LogP) is 1.27. The number of aromatic hydroxyl groups is 1. The molecular formula is C14H20N2O2. The van der Waals surface area contributed by atoms with Crippen LogP contribution in [0.5, 0.6) is 5.75 Å². The minimum Gasteiger partial charge on any atom is -0.508 e. The highest BCUT2D eigenvalue weighted by Crippen LogP contribution is 2.18. The lowest BCUT2D eigenvalue weighted by Gasteiger charge is -2.35. The maximum absolute atomic E-state index is 12.2. The van der Waals surface area contributed by atoms with Gasteiger partial charge in [0.25, 0.3) is 0 Å². The minimum atomic E-state index is 0.107. The van der Waals surface area contributed by atoms with Gasteiger partial charge >= 0.3 is 0 Å². The second-order valence-corrected chi connectivity index (χ2v) is 4.82. The van der Waals surface area contributed by atoms with Gasteiger partial charge in [-0.25, -0.2) is 0 Å². The van der Waals surface area contributed by atoms with Gasteiger partial charge in [-0.3, -0.25) is 4.79 Å². The van der Waals surface area contributed by atoms with E-state index < -0.39 is 0 Å². The molecule has 1 aromatic rings. The molecule has 1 fully saturated rings. The van der Waals surface area contributed by atoms with E-state index in [4.69, 9.17) is 5.73 Å². The van der Waals surface area contributed by atoms with E-state index >= 15 is 0 Å². The Hall–Kier alpha value is -1.55. The van der Waals surface area contributed by atoms with E-state index in [0.29, 0.717) is 13.0 Å². The van der Waals surface area contributed by atoms with Crippen LogP contribution in [0.15, 0.2) is 24.3 Å². The van der Waals surface area contributed by atoms with Crippen LogP contribution in [0, 0.1) is 0 Å². The Morgan fingerprint density at radius 2 is 2.28 bits per heavy atom. The summed E-state index contributed by atoms with van der Waals surface area (Å²) >= 11 is 0. The molecule has 0 saturated carbocycles. The third-order valence-corrected chi connectivity index (χ3v) is 3.49. The lowest BCUT2D eigenvalue weighted by molar-refractivity contribution is -0.133. The molecular weight excluding hydrogens is 228 g/mol. The zero-order chi connectivity index (χ0) is 13.0. The van der Waals surface area contributed by atoms with E-state index in [1.54, 1.807) is 18.2 Å². The first kappa shape index (κ1) is 12.9. The second-order valence-electron chi connectivity index (χ2n) is 4.82. The molecule has 0 aliphatic carbocycles. The SMILES string of the molecule is NCC1CCCCN1C(=O)Cc1cccc(O)c1. The largest absolute Gasteiger partial charge is 0.508 e. The summed E-state index contributed by atoms with van der Waals surface area (Å²) in [5.41, 5.74) is 6.56. The molecule has 18 heavy (non-hydrogen) atoms. The number of benzene rings is 1. The summed E-state index contributed by atoms with van der Waals surface area (Å²) in [7, 11) is 0. The van der Waals surface area contributed by atoms with Gasteiger partial charge in [-0.05, 0) is 37.0 Å². The van der Waals surface area contributed by atoms with Crippen molar-refractivity contribution in [3.05, 3.63) is 29.8 Å². The highest BCUT2D eigenvalue weighted by atomic mass is 16.3. The number of piperidine rings is 1. The standard InChI is InChI=1S/C14H20N2O2/c15-10-12-5-1-2-7-16(12)14(18)9-11-4-3-6-13(17)8-11/h3-4,6,8,12,17H,1-2,5,7,9-10,15H2. The van der Waals surface area contributed by atoms with Gasteiger partial charge < -0.3 is 15.7 Å². The van der Waals surface area contributed by atoms with Gasteiger partial charge in [-0.1, -0.05) is 12.1 Å². The molecule has 1 unspecified atom stereocenters. The number of likely N-dealkylation sites (tertiary alicyclic amines) is 1. The molecule has 4 heteroatoms. The molecule has 1 saturated heterocycles. The number of nitrogens with zero attached hydrogens (tertiary/aromatic N) is 1. The fourth-order valence-electron chi connectivity index (χ4n) is 2.52. The monoisotopic (exact) mass is 248 g/mol. The Bertz CT molecular complexity index is 420. The van der Waals surface area contributed by atoms with Crippen molar-refractivity contribution >= 4 is 5.91 Å². The van der Waals surface area contributed by atoms with Gasteiger partial charge in [0.05, 0.1) is 6.42 Å². The van der Waals surface area contributed by atoms with E-state index in [9.17, 15) is 9.90 Å². The summed E-state index contributed by atoms with van der Waals surface area (Å²) in [6, 6.07) is 7.05. The molecule has 1 aromatic carbocycles. The Morgan fingerprint density at radius 1 is 1.44 bits per heavy atom. The number of rotatable bonds is 3. The minimum absolute atomic E-state index is 0.107. The number of carbonyl (C=O) groups is 1. The molecule has 0 radical (unpaired) electrons. The molecule has 4 nitrogen and oxygen atoms in total. The number of nitrogens with two attached hydrogens (primary N) is 1. The molecule has 0 bridgehead atoms. The average molecular weight is 248 g/mol. The predicted molar refractivity (Wildman–Crippen MR) is 70.2 cm³/mol. The average Bonchev–Trinajstić information content (AvgIpc) is 2.38. The molecule has 1 heterocycles. The third kappa shape index (κ3) is 3.01. The summed E-state index contributed by atoms with van der Waals surface area (Å²) in [6.07, 6.45) is 3.55. The summed E-state index contributed by atoms with van der Waals surface area (Å²) in [5, 5.41) is 9.39. The maximum atomic E-state index is 12.2. The molecule has 3 N–H and O–H groups in total. The van der Waals surface area contributed by atoms with Crippen LogP contribution >= 0.6 is 0 Å². The Labute approximate surface area is 107 Å². The molecule has 1 atom stereocenters. The Balaban J connectivity index is 2.02. The van der Waals surface area contributed by atoms with Crippen LogP contribution < -0.4 is 5.73 Å². The van der Waals surface area contributed by atoms with Crippen molar-refractivity contribution in [3.63, 3.8) is 0 Å². The smallest absolute Gasteiger partial charge is 0.227 e. The first-order chi connectivity index (χ1) is 8.70. The zero-order valence-corrected chi connectivity index (χ0v) is 10.5. The highest BCUT2D eigenvalue weighted by molar-refractivity contribution is 5.79. The number of phenols is 1. The third-order valence-electron chi connectivity index (χ3n) is 3.49. The lowest BCUT2D eigenvalue weighted by Crippen LogP contribution is -2.48. The molecule has 98 valence electrons. The van der Waals surface area contributed by atoms with Gasteiger partial charge in [0.1, 0.15) is 5.75 Å². The van der Waals surface area contributed by atoms with Crippen molar-refractivity contribution in [2.45, 2.75) is 31.7 Å². The number of amides is 1. The maximum Gasteiger partial charge on any atom is 0.227 e. The Kier molecular flexibility index (Phi) is 4.20. The van der Waals surface area contributed by atoms with Crippen molar-refractivity contribution in [1.29, 1.82) is 0 Å². The van der Waals surface area contributed by atoms with Crippen LogP contribution in [0.2, 0.25) is 0 Å². The van der Waals surface area contributed by atoms with Crippen molar-refractivity contribution < 1.29 is 9.90 Å². The first-order valence-corrected chi connectivity index (χ1v) is 6.48. The zero-order valence-electron chi connectivity index (χ0n) is 10.5. The van der Waals surface area contributed by atoms with Crippen molar-refractivity contribution in [2.24, 2.45) is 5.73 Å². The van der Waals surface area contributed by atoms with Gasteiger partial charge in [-0.2, -0.15) is 0 Å². The molecule has 0 spiro atoms. The summed E-state index contributed by atoms with van der Waals surface area (Å²) in [4.78, 5) is 14.1. The molecule has 2 rings (SSSR count). The fraction of sp³-hybridized carbons (Fsp3) is 0.500. The van der Waals surface area contributed by atoms with E-state index in [0.717, 1.165) is 31.4 Å². The van der Waals surface area contributed by atoms with Crippen LogP contribution in [0.25, 0.3) is 0 Å². The van der Waals surface area contributed by atoms with E-state index in [1.165, 1.54) is 0 Å². The molecule has 0 aromatic heterocycles. The molecule has 1 aliphatic rings. The van der Waals surface area contributed by atoms with Gasteiger partial charge in [0, 0.05) is 19.1 Å². The fourth-order valence-corrected chi connectivity index (χ4v) is 2.52. The van der Waals surface area contributed by atoms with Crippen LogP contribution in [-0.4, -0.2) is 35.0 Å². The van der Waals surface area contributed by atoms with Crippen LogP contribution in [0.4, 0.5) is 0 Å². The highest BCUT2D eigenvalue weighted by Gasteiger charge is 2.25. The van der Waals surface area contributed by atoms with E-state index in [1.807, 2.05) is 11.0 Å². The van der Waals surface area contributed by atoms with Crippen molar-refractivity contribution in [3.8, 4) is 5.75 Å².